The van der Waals surface area contributed by atoms with Crippen LogP contribution in [0.3, 0.4) is 0 Å². The third-order valence-electron chi connectivity index (χ3n) is 5.37. The molecule has 0 aromatic heterocycles. The molecule has 0 spiro atoms. The van der Waals surface area contributed by atoms with Gasteiger partial charge in [-0.05, 0) is 18.4 Å². The Labute approximate surface area is 156 Å². The van der Waals surface area contributed by atoms with E-state index in [2.05, 4.69) is 29.2 Å². The fraction of sp³-hybridized carbons (Fsp3) is 0.524. The van der Waals surface area contributed by atoms with E-state index in [1.165, 1.54) is 5.56 Å². The fourth-order valence-electron chi connectivity index (χ4n) is 3.78. The van der Waals surface area contributed by atoms with Crippen molar-refractivity contribution in [1.82, 2.24) is 14.7 Å². The lowest BCUT2D eigenvalue weighted by Gasteiger charge is -2.38. The van der Waals surface area contributed by atoms with Gasteiger partial charge in [-0.25, -0.2) is 0 Å². The molecule has 2 heterocycles. The minimum atomic E-state index is -0.0165. The number of piperazine rings is 1. The lowest BCUT2D eigenvalue weighted by atomic mass is 9.96. The Kier molecular flexibility index (Phi) is 6.45. The summed E-state index contributed by atoms with van der Waals surface area (Å²) in [5, 5.41) is 0. The number of benzene rings is 1. The van der Waals surface area contributed by atoms with Gasteiger partial charge in [-0.1, -0.05) is 42.5 Å². The molecule has 2 amide bonds. The van der Waals surface area contributed by atoms with Crippen LogP contribution in [-0.4, -0.2) is 72.3 Å². The van der Waals surface area contributed by atoms with Gasteiger partial charge in [0.2, 0.25) is 11.8 Å². The number of hydrogen-bond donors (Lipinski definition) is 0. The first kappa shape index (κ1) is 18.6. The Morgan fingerprint density at radius 1 is 1.04 bits per heavy atom. The van der Waals surface area contributed by atoms with E-state index in [4.69, 9.17) is 0 Å². The first-order valence-corrected chi connectivity index (χ1v) is 9.62. The van der Waals surface area contributed by atoms with Gasteiger partial charge in [0, 0.05) is 52.7 Å². The minimum Gasteiger partial charge on any atom is -0.342 e. The van der Waals surface area contributed by atoms with Crippen LogP contribution in [0.5, 0.6) is 0 Å². The van der Waals surface area contributed by atoms with E-state index in [0.29, 0.717) is 6.54 Å². The highest BCUT2D eigenvalue weighted by Crippen LogP contribution is 2.20. The Hall–Kier alpha value is -2.14. The number of piperidine rings is 1. The van der Waals surface area contributed by atoms with Gasteiger partial charge in [0.05, 0.1) is 5.92 Å². The highest BCUT2D eigenvalue weighted by molar-refractivity contribution is 5.81. The van der Waals surface area contributed by atoms with Crippen LogP contribution in [-0.2, 0) is 9.59 Å². The zero-order chi connectivity index (χ0) is 18.4. The van der Waals surface area contributed by atoms with Crippen molar-refractivity contribution in [3.8, 4) is 0 Å². The Bertz CT molecular complexity index is 636. The molecule has 2 fully saturated rings. The average molecular weight is 355 g/mol. The molecule has 5 heteroatoms. The Balaban J connectivity index is 1.43. The van der Waals surface area contributed by atoms with Crippen molar-refractivity contribution in [3.63, 3.8) is 0 Å². The van der Waals surface area contributed by atoms with Crippen LogP contribution in [0.25, 0.3) is 6.08 Å². The van der Waals surface area contributed by atoms with Crippen LogP contribution in [0.15, 0.2) is 36.4 Å². The third-order valence-corrected chi connectivity index (χ3v) is 5.37. The van der Waals surface area contributed by atoms with Crippen molar-refractivity contribution < 1.29 is 9.59 Å². The molecule has 2 saturated heterocycles. The molecule has 2 aliphatic heterocycles. The van der Waals surface area contributed by atoms with Crippen LogP contribution in [0.2, 0.25) is 0 Å². The summed E-state index contributed by atoms with van der Waals surface area (Å²) in [7, 11) is 0. The average Bonchev–Trinajstić information content (AvgIpc) is 2.69. The van der Waals surface area contributed by atoms with Gasteiger partial charge >= 0.3 is 0 Å². The molecule has 0 unspecified atom stereocenters. The number of carbonyl (C=O) groups excluding carboxylic acids is 2. The smallest absolute Gasteiger partial charge is 0.227 e. The van der Waals surface area contributed by atoms with E-state index in [-0.39, 0.29) is 17.7 Å². The van der Waals surface area contributed by atoms with Gasteiger partial charge in [-0.2, -0.15) is 0 Å². The molecule has 1 aromatic carbocycles. The van der Waals surface area contributed by atoms with Crippen molar-refractivity contribution in [2.45, 2.75) is 19.8 Å². The number of amides is 2. The number of likely N-dealkylation sites (tertiary alicyclic amines) is 1. The molecule has 0 radical (unpaired) electrons. The predicted octanol–water partition coefficient (Wildman–Crippen LogP) is 2.10. The Morgan fingerprint density at radius 3 is 2.46 bits per heavy atom. The topological polar surface area (TPSA) is 43.9 Å². The summed E-state index contributed by atoms with van der Waals surface area (Å²) in [5.74, 6) is 0.296. The van der Waals surface area contributed by atoms with Crippen LogP contribution < -0.4 is 0 Å². The summed E-state index contributed by atoms with van der Waals surface area (Å²) in [4.78, 5) is 30.5. The first-order chi connectivity index (χ1) is 12.6. The van der Waals surface area contributed by atoms with Crippen molar-refractivity contribution >= 4 is 17.9 Å². The molecule has 5 nitrogen and oxygen atoms in total. The van der Waals surface area contributed by atoms with Crippen LogP contribution >= 0.6 is 0 Å². The summed E-state index contributed by atoms with van der Waals surface area (Å²) in [6.07, 6.45) is 6.18. The lowest BCUT2D eigenvalue weighted by Crippen LogP contribution is -2.52. The third kappa shape index (κ3) is 4.94. The largest absolute Gasteiger partial charge is 0.342 e. The molecule has 3 rings (SSSR count). The molecular weight excluding hydrogens is 326 g/mol. The predicted molar refractivity (Wildman–Crippen MR) is 103 cm³/mol. The van der Waals surface area contributed by atoms with Gasteiger partial charge in [0.25, 0.3) is 0 Å². The maximum atomic E-state index is 12.8. The van der Waals surface area contributed by atoms with Crippen molar-refractivity contribution in [2.24, 2.45) is 5.92 Å². The molecule has 1 atom stereocenters. The molecule has 1 aromatic rings. The fourth-order valence-corrected chi connectivity index (χ4v) is 3.78. The molecule has 140 valence electrons. The monoisotopic (exact) mass is 355 g/mol. The number of rotatable bonds is 4. The van der Waals surface area contributed by atoms with E-state index >= 15 is 0 Å². The molecular formula is C21H29N3O2. The molecule has 2 aliphatic rings. The molecule has 0 aliphatic carbocycles. The highest BCUT2D eigenvalue weighted by atomic mass is 16.2. The van der Waals surface area contributed by atoms with Crippen LogP contribution in [0, 0.1) is 5.92 Å². The summed E-state index contributed by atoms with van der Waals surface area (Å²) < 4.78 is 0. The number of nitrogens with zero attached hydrogens (tertiary/aromatic N) is 3. The van der Waals surface area contributed by atoms with Gasteiger partial charge < -0.3 is 9.80 Å². The Morgan fingerprint density at radius 2 is 1.77 bits per heavy atom. The van der Waals surface area contributed by atoms with E-state index < -0.39 is 0 Å². The molecule has 0 N–H and O–H groups in total. The van der Waals surface area contributed by atoms with Gasteiger partial charge in [-0.15, -0.1) is 0 Å². The highest BCUT2D eigenvalue weighted by Gasteiger charge is 2.31. The standard InChI is InChI=1S/C21H29N3O2/c1-18(25)24-12-6-10-20(17-24)21(26)23-15-13-22(14-16-23)11-5-9-19-7-3-2-4-8-19/h2-5,7-9,20H,6,10-17H2,1H3/b9-5+/t20-/m0/s1. The van der Waals surface area contributed by atoms with Gasteiger partial charge in [0.15, 0.2) is 0 Å². The van der Waals surface area contributed by atoms with E-state index in [0.717, 1.165) is 52.1 Å². The summed E-state index contributed by atoms with van der Waals surface area (Å²) in [6.45, 7) is 7.28. The maximum absolute atomic E-state index is 12.8. The first-order valence-electron chi connectivity index (χ1n) is 9.62. The lowest BCUT2D eigenvalue weighted by molar-refractivity contribution is -0.141. The minimum absolute atomic E-state index is 0.0165. The second kappa shape index (κ2) is 8.99. The zero-order valence-corrected chi connectivity index (χ0v) is 15.6. The normalized spacial score (nSPS) is 22.0. The van der Waals surface area contributed by atoms with Crippen LogP contribution in [0.1, 0.15) is 25.3 Å². The summed E-state index contributed by atoms with van der Waals surface area (Å²) >= 11 is 0. The van der Waals surface area contributed by atoms with E-state index in [1.54, 1.807) is 6.92 Å². The second-order valence-electron chi connectivity index (χ2n) is 7.24. The van der Waals surface area contributed by atoms with Crippen molar-refractivity contribution in [3.05, 3.63) is 42.0 Å². The number of carbonyl (C=O) groups is 2. The summed E-state index contributed by atoms with van der Waals surface area (Å²) in [5.41, 5.74) is 1.22. The zero-order valence-electron chi connectivity index (χ0n) is 15.6. The molecule has 26 heavy (non-hydrogen) atoms. The van der Waals surface area contributed by atoms with Crippen LogP contribution in [0.4, 0.5) is 0 Å². The van der Waals surface area contributed by atoms with Crippen molar-refractivity contribution in [2.75, 3.05) is 45.8 Å². The second-order valence-corrected chi connectivity index (χ2v) is 7.24. The summed E-state index contributed by atoms with van der Waals surface area (Å²) in [6, 6.07) is 10.3. The maximum Gasteiger partial charge on any atom is 0.227 e. The van der Waals surface area contributed by atoms with E-state index in [9.17, 15) is 9.59 Å². The van der Waals surface area contributed by atoms with Gasteiger partial charge in [-0.3, -0.25) is 14.5 Å². The number of hydrogen-bond acceptors (Lipinski definition) is 3. The molecule has 0 saturated carbocycles. The quantitative estimate of drug-likeness (QED) is 0.831. The van der Waals surface area contributed by atoms with Crippen molar-refractivity contribution in [1.29, 1.82) is 0 Å². The molecule has 0 bridgehead atoms. The van der Waals surface area contributed by atoms with Gasteiger partial charge in [0.1, 0.15) is 0 Å². The van der Waals surface area contributed by atoms with E-state index in [1.807, 2.05) is 28.0 Å². The SMILES string of the molecule is CC(=O)N1CCC[C@H](C(=O)N2CCN(C/C=C/c3ccccc3)CC2)C1.